The summed E-state index contributed by atoms with van der Waals surface area (Å²) in [6, 6.07) is 0. The van der Waals surface area contributed by atoms with Gasteiger partial charge in [0.15, 0.2) is 0 Å². The van der Waals surface area contributed by atoms with Crippen molar-refractivity contribution in [1.29, 1.82) is 0 Å². The predicted octanol–water partition coefficient (Wildman–Crippen LogP) is -0.744. The molecule has 0 aliphatic rings. The first-order valence-electron chi connectivity index (χ1n) is 5.99. The number of hydrogen-bond acceptors (Lipinski definition) is 5. The van der Waals surface area contributed by atoms with Gasteiger partial charge >= 0.3 is 0 Å². The predicted molar refractivity (Wildman–Crippen MR) is 64.6 cm³/mol. The second-order valence-corrected chi connectivity index (χ2v) is 3.81. The number of aliphatic hydroxyl groups is 1. The summed E-state index contributed by atoms with van der Waals surface area (Å²) in [6.07, 6.45) is 1.59. The number of amides is 1. The van der Waals surface area contributed by atoms with Gasteiger partial charge in [0.2, 0.25) is 5.91 Å². The van der Waals surface area contributed by atoms with E-state index >= 15 is 0 Å². The van der Waals surface area contributed by atoms with Crippen LogP contribution in [0.1, 0.15) is 19.8 Å². The molecule has 0 fully saturated rings. The molecule has 0 rings (SSSR count). The van der Waals surface area contributed by atoms with Crippen LogP contribution in [0.3, 0.4) is 0 Å². The van der Waals surface area contributed by atoms with Gasteiger partial charge < -0.3 is 25.6 Å². The SMILES string of the molecule is CCCCOCC(O)CNCCOCC(N)=O. The number of primary amides is 1. The van der Waals surface area contributed by atoms with Gasteiger partial charge in [0.05, 0.1) is 19.3 Å². The Labute approximate surface area is 102 Å². The minimum absolute atomic E-state index is 0.0651. The molecular formula is C11H24N2O4. The molecule has 4 N–H and O–H groups in total. The van der Waals surface area contributed by atoms with E-state index in [0.717, 1.165) is 12.8 Å². The topological polar surface area (TPSA) is 93.8 Å². The minimum atomic E-state index is -0.511. The van der Waals surface area contributed by atoms with Crippen LogP contribution in [0.15, 0.2) is 0 Å². The minimum Gasteiger partial charge on any atom is -0.389 e. The monoisotopic (exact) mass is 248 g/mol. The molecule has 1 atom stereocenters. The highest BCUT2D eigenvalue weighted by Gasteiger charge is 2.03. The van der Waals surface area contributed by atoms with Crippen LogP contribution < -0.4 is 11.1 Å². The van der Waals surface area contributed by atoms with Crippen LogP contribution >= 0.6 is 0 Å². The first-order valence-corrected chi connectivity index (χ1v) is 5.99. The van der Waals surface area contributed by atoms with Gasteiger partial charge in [-0.1, -0.05) is 13.3 Å². The van der Waals surface area contributed by atoms with Crippen molar-refractivity contribution in [3.63, 3.8) is 0 Å². The van der Waals surface area contributed by atoms with E-state index in [4.69, 9.17) is 15.2 Å². The van der Waals surface area contributed by atoms with Crippen LogP contribution in [0.2, 0.25) is 0 Å². The van der Waals surface area contributed by atoms with E-state index in [1.165, 1.54) is 0 Å². The van der Waals surface area contributed by atoms with E-state index in [1.807, 2.05) is 0 Å². The van der Waals surface area contributed by atoms with Crippen LogP contribution in [-0.2, 0) is 14.3 Å². The Morgan fingerprint density at radius 2 is 2.18 bits per heavy atom. The lowest BCUT2D eigenvalue weighted by molar-refractivity contribution is -0.122. The molecule has 0 saturated heterocycles. The number of ether oxygens (including phenoxy) is 2. The zero-order chi connectivity index (χ0) is 12.9. The molecule has 0 spiro atoms. The summed E-state index contributed by atoms with van der Waals surface area (Å²) in [5.74, 6) is -0.477. The first kappa shape index (κ1) is 16.3. The highest BCUT2D eigenvalue weighted by Crippen LogP contribution is 1.90. The van der Waals surface area contributed by atoms with Gasteiger partial charge in [0, 0.05) is 19.7 Å². The van der Waals surface area contributed by atoms with E-state index in [9.17, 15) is 9.90 Å². The summed E-state index contributed by atoms with van der Waals surface area (Å²) < 4.78 is 10.2. The van der Waals surface area contributed by atoms with Gasteiger partial charge in [0.25, 0.3) is 0 Å². The fourth-order valence-electron chi connectivity index (χ4n) is 1.11. The molecule has 0 bridgehead atoms. The fraction of sp³-hybridized carbons (Fsp3) is 0.909. The number of carbonyl (C=O) groups excluding carboxylic acids is 1. The quantitative estimate of drug-likeness (QED) is 0.395. The van der Waals surface area contributed by atoms with Crippen LogP contribution in [0.4, 0.5) is 0 Å². The summed E-state index contributed by atoms with van der Waals surface area (Å²) in [6.45, 7) is 4.47. The average Bonchev–Trinajstić information content (AvgIpc) is 2.29. The second-order valence-electron chi connectivity index (χ2n) is 3.81. The van der Waals surface area contributed by atoms with E-state index < -0.39 is 12.0 Å². The van der Waals surface area contributed by atoms with Crippen LogP contribution in [0.25, 0.3) is 0 Å². The highest BCUT2D eigenvalue weighted by atomic mass is 16.5. The van der Waals surface area contributed by atoms with Crippen molar-refractivity contribution in [3.8, 4) is 0 Å². The van der Waals surface area contributed by atoms with Crippen molar-refractivity contribution < 1.29 is 19.4 Å². The molecule has 0 aromatic heterocycles. The van der Waals surface area contributed by atoms with E-state index in [0.29, 0.717) is 32.9 Å². The molecule has 6 nitrogen and oxygen atoms in total. The molecule has 0 aromatic carbocycles. The zero-order valence-electron chi connectivity index (χ0n) is 10.5. The van der Waals surface area contributed by atoms with Gasteiger partial charge in [-0.2, -0.15) is 0 Å². The second kappa shape index (κ2) is 11.8. The van der Waals surface area contributed by atoms with Gasteiger partial charge in [-0.3, -0.25) is 4.79 Å². The summed E-state index contributed by atoms with van der Waals surface area (Å²) in [4.78, 5) is 10.3. The lowest BCUT2D eigenvalue weighted by Crippen LogP contribution is -2.33. The van der Waals surface area contributed by atoms with Gasteiger partial charge in [-0.05, 0) is 6.42 Å². The van der Waals surface area contributed by atoms with Crippen molar-refractivity contribution >= 4 is 5.91 Å². The van der Waals surface area contributed by atoms with Crippen LogP contribution in [0.5, 0.6) is 0 Å². The van der Waals surface area contributed by atoms with Crippen molar-refractivity contribution in [2.75, 3.05) is 39.5 Å². The molecule has 102 valence electrons. The van der Waals surface area contributed by atoms with Crippen LogP contribution in [0, 0.1) is 0 Å². The molecule has 0 aromatic rings. The Kier molecular flexibility index (Phi) is 11.3. The largest absolute Gasteiger partial charge is 0.389 e. The maximum absolute atomic E-state index is 10.3. The van der Waals surface area contributed by atoms with Crippen molar-refractivity contribution in [2.24, 2.45) is 5.73 Å². The average molecular weight is 248 g/mol. The van der Waals surface area contributed by atoms with Crippen molar-refractivity contribution in [1.82, 2.24) is 5.32 Å². The summed E-state index contributed by atoms with van der Waals surface area (Å²) in [7, 11) is 0. The third-order valence-corrected chi connectivity index (χ3v) is 2.00. The van der Waals surface area contributed by atoms with E-state index in [2.05, 4.69) is 12.2 Å². The van der Waals surface area contributed by atoms with E-state index in [-0.39, 0.29) is 6.61 Å². The lowest BCUT2D eigenvalue weighted by Gasteiger charge is -2.12. The van der Waals surface area contributed by atoms with Crippen LogP contribution in [-0.4, -0.2) is 56.6 Å². The number of hydrogen-bond donors (Lipinski definition) is 3. The number of nitrogens with two attached hydrogens (primary N) is 1. The molecule has 0 radical (unpaired) electrons. The maximum atomic E-state index is 10.3. The molecule has 0 aliphatic carbocycles. The van der Waals surface area contributed by atoms with E-state index in [1.54, 1.807) is 0 Å². The molecule has 0 saturated carbocycles. The normalized spacial score (nSPS) is 12.6. The summed E-state index contributed by atoms with van der Waals surface area (Å²) in [5, 5.41) is 12.5. The lowest BCUT2D eigenvalue weighted by atomic mass is 10.3. The number of nitrogens with one attached hydrogen (secondary N) is 1. The third-order valence-electron chi connectivity index (χ3n) is 2.00. The first-order chi connectivity index (χ1) is 8.16. The number of rotatable bonds is 12. The van der Waals surface area contributed by atoms with Gasteiger partial charge in [0.1, 0.15) is 6.61 Å². The molecule has 6 heteroatoms. The Bertz CT molecular complexity index is 190. The molecule has 0 aliphatic heterocycles. The Balaban J connectivity index is 3.16. The molecular weight excluding hydrogens is 224 g/mol. The number of unbranched alkanes of at least 4 members (excludes halogenated alkanes) is 1. The molecule has 0 heterocycles. The molecule has 1 unspecified atom stereocenters. The number of aliphatic hydroxyl groups excluding tert-OH is 1. The van der Waals surface area contributed by atoms with Crippen molar-refractivity contribution in [3.05, 3.63) is 0 Å². The molecule has 1 amide bonds. The van der Waals surface area contributed by atoms with Gasteiger partial charge in [-0.15, -0.1) is 0 Å². The van der Waals surface area contributed by atoms with Gasteiger partial charge in [-0.25, -0.2) is 0 Å². The summed E-state index contributed by atoms with van der Waals surface area (Å²) in [5.41, 5.74) is 4.89. The third kappa shape index (κ3) is 13.2. The highest BCUT2D eigenvalue weighted by molar-refractivity contribution is 5.74. The standard InChI is InChI=1S/C11H24N2O4/c1-2-3-5-16-8-10(14)7-13-4-6-17-9-11(12)15/h10,13-14H,2-9H2,1H3,(H2,12,15). The molecule has 17 heavy (non-hydrogen) atoms. The Morgan fingerprint density at radius 1 is 1.41 bits per heavy atom. The Hall–Kier alpha value is -0.690. The Morgan fingerprint density at radius 3 is 2.82 bits per heavy atom. The fourth-order valence-corrected chi connectivity index (χ4v) is 1.11. The smallest absolute Gasteiger partial charge is 0.243 e. The zero-order valence-corrected chi connectivity index (χ0v) is 10.5. The summed E-state index contributed by atoms with van der Waals surface area (Å²) >= 11 is 0. The maximum Gasteiger partial charge on any atom is 0.243 e. The number of carbonyl (C=O) groups is 1. The van der Waals surface area contributed by atoms with Crippen molar-refractivity contribution in [2.45, 2.75) is 25.9 Å².